The van der Waals surface area contributed by atoms with Crippen LogP contribution in [0.5, 0.6) is 0 Å². The molecule has 0 spiro atoms. The normalized spacial score (nSPS) is 16.5. The number of halogens is 3. The molecular formula is C23H18F3N5O4. The van der Waals surface area contributed by atoms with Gasteiger partial charge in [0.15, 0.2) is 0 Å². The Kier molecular flexibility index (Phi) is 5.88. The van der Waals surface area contributed by atoms with E-state index in [0.717, 1.165) is 0 Å². The first-order chi connectivity index (χ1) is 16.8. The molecule has 5 rings (SSSR count). The Bertz CT molecular complexity index is 1430. The monoisotopic (exact) mass is 485 g/mol. The van der Waals surface area contributed by atoms with Crippen LogP contribution >= 0.6 is 0 Å². The Morgan fingerprint density at radius 3 is 2.80 bits per heavy atom. The Morgan fingerprint density at radius 2 is 2.11 bits per heavy atom. The molecule has 0 saturated carbocycles. The van der Waals surface area contributed by atoms with Gasteiger partial charge < -0.3 is 19.2 Å². The Balaban J connectivity index is 1.49. The van der Waals surface area contributed by atoms with Crippen LogP contribution in [0.3, 0.4) is 0 Å². The van der Waals surface area contributed by atoms with Crippen LogP contribution in [0.4, 0.5) is 13.2 Å². The molecule has 1 atom stereocenters. The van der Waals surface area contributed by atoms with E-state index in [2.05, 4.69) is 15.4 Å². The Hall–Kier alpha value is -3.95. The number of carbonyl (C=O) groups is 1. The van der Waals surface area contributed by atoms with Crippen molar-refractivity contribution in [2.75, 3.05) is 19.8 Å². The van der Waals surface area contributed by atoms with Gasteiger partial charge in [-0.2, -0.15) is 23.5 Å². The van der Waals surface area contributed by atoms with Crippen molar-refractivity contribution in [2.24, 2.45) is 0 Å². The second kappa shape index (κ2) is 9.01. The molecule has 1 amide bonds. The lowest BCUT2D eigenvalue weighted by atomic mass is 10.1. The van der Waals surface area contributed by atoms with E-state index >= 15 is 0 Å². The molecule has 1 aliphatic rings. The van der Waals surface area contributed by atoms with Gasteiger partial charge in [0.25, 0.3) is 5.91 Å². The summed E-state index contributed by atoms with van der Waals surface area (Å²) in [5.74, 6) is -1.90. The number of carbonyl (C=O) groups excluding carboxylic acids is 1. The van der Waals surface area contributed by atoms with Gasteiger partial charge in [-0.1, -0.05) is 0 Å². The van der Waals surface area contributed by atoms with Gasteiger partial charge in [-0.05, 0) is 24.3 Å². The zero-order chi connectivity index (χ0) is 24.6. The van der Waals surface area contributed by atoms with Crippen molar-refractivity contribution >= 4 is 27.8 Å². The number of hydrogen-bond donors (Lipinski definition) is 1. The Morgan fingerprint density at radius 1 is 1.26 bits per heavy atom. The summed E-state index contributed by atoms with van der Waals surface area (Å²) in [4.78, 5) is 16.7. The van der Waals surface area contributed by atoms with Gasteiger partial charge >= 0.3 is 6.18 Å². The third-order valence-electron chi connectivity index (χ3n) is 5.53. The standard InChI is InChI=1S/C23H18F3N5O4/c24-23(25,26)19-18-17(35-21(19)22(32)29-9-15-3-1-13(7-27)8-28-15)4-2-14-10-31(30-20(14)18)11-16-12-33-5-6-34-16/h1-4,8,10,16H,5-6,9,11-12H2,(H,29,32)/t16-/m0/s1. The zero-order valence-corrected chi connectivity index (χ0v) is 18.1. The molecule has 180 valence electrons. The van der Waals surface area contributed by atoms with Crippen LogP contribution < -0.4 is 5.32 Å². The molecule has 0 unspecified atom stereocenters. The van der Waals surface area contributed by atoms with Crippen molar-refractivity contribution in [2.45, 2.75) is 25.4 Å². The largest absolute Gasteiger partial charge is 0.450 e. The third-order valence-corrected chi connectivity index (χ3v) is 5.53. The predicted octanol–water partition coefficient (Wildman–Crippen LogP) is 3.41. The number of benzene rings is 1. The van der Waals surface area contributed by atoms with Gasteiger partial charge in [-0.15, -0.1) is 0 Å². The molecule has 1 fully saturated rings. The molecule has 1 aliphatic heterocycles. The highest BCUT2D eigenvalue weighted by molar-refractivity contribution is 6.09. The fraction of sp³-hybridized carbons (Fsp3) is 0.304. The lowest BCUT2D eigenvalue weighted by Gasteiger charge is -2.22. The lowest BCUT2D eigenvalue weighted by Crippen LogP contribution is -2.32. The second-order valence-electron chi connectivity index (χ2n) is 7.93. The van der Waals surface area contributed by atoms with Crippen molar-refractivity contribution in [3.05, 3.63) is 59.2 Å². The van der Waals surface area contributed by atoms with Crippen molar-refractivity contribution in [3.8, 4) is 6.07 Å². The number of fused-ring (bicyclic) bond motifs is 3. The molecule has 4 heterocycles. The number of nitrogens with one attached hydrogen (secondary N) is 1. The minimum absolute atomic E-state index is 0.0723. The van der Waals surface area contributed by atoms with E-state index in [1.165, 1.54) is 29.1 Å². The first-order valence-corrected chi connectivity index (χ1v) is 10.7. The number of nitriles is 1. The number of alkyl halides is 3. The van der Waals surface area contributed by atoms with E-state index in [-0.39, 0.29) is 29.1 Å². The average Bonchev–Trinajstić information content (AvgIpc) is 3.44. The molecule has 12 heteroatoms. The number of aromatic nitrogens is 3. The van der Waals surface area contributed by atoms with Crippen molar-refractivity contribution in [1.82, 2.24) is 20.1 Å². The second-order valence-corrected chi connectivity index (χ2v) is 7.93. The van der Waals surface area contributed by atoms with Crippen LogP contribution in [-0.2, 0) is 28.7 Å². The minimum atomic E-state index is -4.87. The molecule has 4 aromatic rings. The predicted molar refractivity (Wildman–Crippen MR) is 115 cm³/mol. The summed E-state index contributed by atoms with van der Waals surface area (Å²) in [5, 5.41) is 15.8. The highest BCUT2D eigenvalue weighted by Crippen LogP contribution is 2.42. The molecule has 0 aliphatic carbocycles. The summed E-state index contributed by atoms with van der Waals surface area (Å²) in [6.07, 6.45) is -2.21. The van der Waals surface area contributed by atoms with Gasteiger partial charge in [0.05, 0.1) is 49.6 Å². The number of rotatable bonds is 5. The Labute approximate surface area is 196 Å². The summed E-state index contributed by atoms with van der Waals surface area (Å²) in [6, 6.07) is 7.88. The lowest BCUT2D eigenvalue weighted by molar-refractivity contribution is -0.137. The highest BCUT2D eigenvalue weighted by Gasteiger charge is 2.42. The number of nitrogens with zero attached hydrogens (tertiary/aromatic N) is 4. The third kappa shape index (κ3) is 4.55. The van der Waals surface area contributed by atoms with Crippen molar-refractivity contribution in [3.63, 3.8) is 0 Å². The fourth-order valence-electron chi connectivity index (χ4n) is 3.94. The molecule has 0 bridgehead atoms. The first-order valence-electron chi connectivity index (χ1n) is 10.7. The maximum atomic E-state index is 14.2. The van der Waals surface area contributed by atoms with Gasteiger partial charge in [0.1, 0.15) is 28.8 Å². The van der Waals surface area contributed by atoms with Crippen LogP contribution in [0.2, 0.25) is 0 Å². The summed E-state index contributed by atoms with van der Waals surface area (Å²) in [6.45, 7) is 1.45. The number of furan rings is 1. The highest BCUT2D eigenvalue weighted by atomic mass is 19.4. The van der Waals surface area contributed by atoms with Gasteiger partial charge in [0, 0.05) is 17.8 Å². The van der Waals surface area contributed by atoms with Crippen molar-refractivity contribution in [1.29, 1.82) is 5.26 Å². The van der Waals surface area contributed by atoms with Gasteiger partial charge in [-0.3, -0.25) is 14.5 Å². The molecule has 1 N–H and O–H groups in total. The molecule has 1 saturated heterocycles. The maximum absolute atomic E-state index is 14.2. The van der Waals surface area contributed by atoms with E-state index in [1.54, 1.807) is 12.3 Å². The average molecular weight is 485 g/mol. The van der Waals surface area contributed by atoms with E-state index in [4.69, 9.17) is 19.2 Å². The van der Waals surface area contributed by atoms with Crippen molar-refractivity contribution < 1.29 is 31.9 Å². The number of amides is 1. The van der Waals surface area contributed by atoms with Crippen LogP contribution in [0, 0.1) is 11.3 Å². The summed E-state index contributed by atoms with van der Waals surface area (Å²) >= 11 is 0. The number of hydrogen-bond acceptors (Lipinski definition) is 7. The summed E-state index contributed by atoms with van der Waals surface area (Å²) < 4.78 is 60.4. The molecule has 35 heavy (non-hydrogen) atoms. The molecule has 9 nitrogen and oxygen atoms in total. The maximum Gasteiger partial charge on any atom is 0.421 e. The number of ether oxygens (including phenoxy) is 2. The van der Waals surface area contributed by atoms with E-state index in [0.29, 0.717) is 43.0 Å². The first kappa shape index (κ1) is 22.8. The zero-order valence-electron chi connectivity index (χ0n) is 18.1. The van der Waals surface area contributed by atoms with Crippen LogP contribution in [-0.4, -0.2) is 46.6 Å². The molecule has 1 aromatic carbocycles. The van der Waals surface area contributed by atoms with Gasteiger partial charge in [0.2, 0.25) is 5.76 Å². The van der Waals surface area contributed by atoms with E-state index in [1.807, 2.05) is 6.07 Å². The smallest absolute Gasteiger partial charge is 0.421 e. The summed E-state index contributed by atoms with van der Waals surface area (Å²) in [7, 11) is 0. The fourth-order valence-corrected chi connectivity index (χ4v) is 3.94. The van der Waals surface area contributed by atoms with Crippen LogP contribution in [0.25, 0.3) is 21.9 Å². The topological polar surface area (TPSA) is 115 Å². The number of pyridine rings is 1. The SMILES string of the molecule is N#Cc1ccc(CNC(=O)c2oc3ccc4cn(C[C@H]5COCCO5)nc4c3c2C(F)(F)F)nc1. The van der Waals surface area contributed by atoms with E-state index in [9.17, 15) is 18.0 Å². The summed E-state index contributed by atoms with van der Waals surface area (Å²) in [5.41, 5.74) is -0.525. The molecule has 0 radical (unpaired) electrons. The molecule has 3 aromatic heterocycles. The molecular weight excluding hydrogens is 467 g/mol. The van der Waals surface area contributed by atoms with Gasteiger partial charge in [-0.25, -0.2) is 0 Å². The van der Waals surface area contributed by atoms with Crippen LogP contribution in [0.15, 0.2) is 41.1 Å². The minimum Gasteiger partial charge on any atom is -0.450 e. The van der Waals surface area contributed by atoms with Crippen LogP contribution in [0.1, 0.15) is 27.4 Å². The quantitative estimate of drug-likeness (QED) is 0.461. The van der Waals surface area contributed by atoms with E-state index < -0.39 is 23.4 Å².